The first kappa shape index (κ1) is 31.6. The van der Waals surface area contributed by atoms with Crippen LogP contribution in [0.5, 0.6) is 0 Å². The van der Waals surface area contributed by atoms with Crippen LogP contribution in [0.15, 0.2) is 0 Å². The number of rotatable bonds is 10. The van der Waals surface area contributed by atoms with Gasteiger partial charge in [-0.1, -0.05) is 0 Å². The van der Waals surface area contributed by atoms with Gasteiger partial charge in [-0.05, 0) is 0 Å². The molecule has 0 saturated carbocycles. The van der Waals surface area contributed by atoms with Crippen molar-refractivity contribution < 1.29 is 92.5 Å². The smallest absolute Gasteiger partial charge is 0.250 e. The van der Waals surface area contributed by atoms with Crippen molar-refractivity contribution in [2.75, 3.05) is 0 Å². The lowest BCUT2D eigenvalue weighted by atomic mass is 9.93. The summed E-state index contributed by atoms with van der Waals surface area (Å²) in [6, 6.07) is 0. The Kier molecular flexibility index (Phi) is 8.27. The van der Waals surface area contributed by atoms with Crippen molar-refractivity contribution in [2.24, 2.45) is 0 Å². The van der Waals surface area contributed by atoms with Crippen molar-refractivity contribution in [3.05, 3.63) is 0 Å². The van der Waals surface area contributed by atoms with Crippen LogP contribution in [-0.4, -0.2) is 60.6 Å². The second-order valence-corrected chi connectivity index (χ2v) is 6.21. The number of alkyl halides is 20. The Bertz CT molecular complexity index is 607. The molecule has 2 unspecified atom stereocenters. The third kappa shape index (κ3) is 5.98. The predicted octanol–water partition coefficient (Wildman–Crippen LogP) is 7.31. The molecular weight excluding hydrogens is 540 g/mol. The molecule has 200 valence electrons. The van der Waals surface area contributed by atoms with Crippen molar-refractivity contribution in [1.29, 1.82) is 0 Å². The summed E-state index contributed by atoms with van der Waals surface area (Å²) >= 11 is 0. The molecular formula is C12H6F20O. The Morgan fingerprint density at radius 2 is 0.636 bits per heavy atom. The maximum atomic E-state index is 13.8. The van der Waals surface area contributed by atoms with Crippen LogP contribution in [0.3, 0.4) is 0 Å². The van der Waals surface area contributed by atoms with Gasteiger partial charge in [0.05, 0.1) is 12.8 Å². The van der Waals surface area contributed by atoms with Gasteiger partial charge in [0.2, 0.25) is 0 Å². The Balaban J connectivity index is 6.67. The predicted molar refractivity (Wildman–Crippen MR) is 61.9 cm³/mol. The fourth-order valence-corrected chi connectivity index (χ4v) is 1.86. The molecule has 0 aromatic heterocycles. The van der Waals surface area contributed by atoms with E-state index in [1.165, 1.54) is 4.74 Å². The highest BCUT2D eigenvalue weighted by atomic mass is 19.4. The highest BCUT2D eigenvalue weighted by Gasteiger charge is 2.82. The molecule has 0 aromatic carbocycles. The maximum Gasteiger partial charge on any atom is 0.431 e. The first-order valence-electron chi connectivity index (χ1n) is 7.30. The molecule has 0 aromatic rings. The van der Waals surface area contributed by atoms with Gasteiger partial charge in [-0.3, -0.25) is 0 Å². The quantitative estimate of drug-likeness (QED) is 0.261. The van der Waals surface area contributed by atoms with Gasteiger partial charge >= 0.3 is 60.6 Å². The van der Waals surface area contributed by atoms with E-state index in [4.69, 9.17) is 0 Å². The molecule has 0 spiro atoms. The van der Waals surface area contributed by atoms with Crippen LogP contribution in [0.4, 0.5) is 87.8 Å². The van der Waals surface area contributed by atoms with Gasteiger partial charge in [-0.15, -0.1) is 0 Å². The summed E-state index contributed by atoms with van der Waals surface area (Å²) in [4.78, 5) is 0. The summed E-state index contributed by atoms with van der Waals surface area (Å²) in [7, 11) is 0. The van der Waals surface area contributed by atoms with E-state index in [-0.39, 0.29) is 0 Å². The van der Waals surface area contributed by atoms with Gasteiger partial charge in [0, 0.05) is 0 Å². The number of halogens is 20. The Morgan fingerprint density at radius 3 is 0.788 bits per heavy atom. The second kappa shape index (κ2) is 8.65. The fourth-order valence-electron chi connectivity index (χ4n) is 1.86. The van der Waals surface area contributed by atoms with E-state index in [1.807, 2.05) is 0 Å². The fraction of sp³-hybridized carbons (Fsp3) is 1.00. The van der Waals surface area contributed by atoms with Crippen LogP contribution >= 0.6 is 0 Å². The summed E-state index contributed by atoms with van der Waals surface area (Å²) in [6.07, 6.45) is -50.7. The normalized spacial score (nSPS) is 19.1. The highest BCUT2D eigenvalue weighted by Crippen LogP contribution is 2.58. The Hall–Kier alpha value is -1.44. The lowest BCUT2D eigenvalue weighted by molar-refractivity contribution is -0.489. The van der Waals surface area contributed by atoms with Gasteiger partial charge in [0.25, 0.3) is 0 Å². The average Bonchev–Trinajstić information content (AvgIpc) is 2.49. The molecule has 0 aliphatic carbocycles. The van der Waals surface area contributed by atoms with Crippen molar-refractivity contribution in [3.8, 4) is 0 Å². The molecule has 33 heavy (non-hydrogen) atoms. The standard InChI is InChI=1S/C12H6F20O/c13-3(14)5(17,18)1-7(21,9(23,24)25)11(29,30)33-12(31,32)8(22,10(26,27)28)2-6(19,20)4(15)16/h3-4H,1-2H2. The van der Waals surface area contributed by atoms with Crippen LogP contribution < -0.4 is 0 Å². The third-order valence-corrected chi connectivity index (χ3v) is 3.67. The zero-order valence-corrected chi connectivity index (χ0v) is 14.5. The lowest BCUT2D eigenvalue weighted by Gasteiger charge is -2.41. The zero-order valence-electron chi connectivity index (χ0n) is 14.5. The van der Waals surface area contributed by atoms with Gasteiger partial charge in [0.1, 0.15) is 0 Å². The second-order valence-electron chi connectivity index (χ2n) is 6.21. The topological polar surface area (TPSA) is 9.23 Å². The molecule has 0 heterocycles. The van der Waals surface area contributed by atoms with Gasteiger partial charge in [-0.2, -0.15) is 43.9 Å². The average molecular weight is 546 g/mol. The molecule has 0 rings (SSSR count). The van der Waals surface area contributed by atoms with E-state index in [0.29, 0.717) is 0 Å². The molecule has 0 saturated heterocycles. The van der Waals surface area contributed by atoms with Crippen LogP contribution in [0.1, 0.15) is 12.8 Å². The Labute approximate surface area is 167 Å². The number of hydrogen-bond acceptors (Lipinski definition) is 1. The molecule has 2 atom stereocenters. The minimum atomic E-state index is -7.82. The molecule has 0 aliphatic rings. The van der Waals surface area contributed by atoms with Gasteiger partial charge in [0.15, 0.2) is 0 Å². The van der Waals surface area contributed by atoms with Gasteiger partial charge in [-0.25, -0.2) is 48.6 Å². The number of ether oxygens (including phenoxy) is 1. The summed E-state index contributed by atoms with van der Waals surface area (Å²) < 4.78 is 258. The van der Waals surface area contributed by atoms with Crippen molar-refractivity contribution in [1.82, 2.24) is 0 Å². The van der Waals surface area contributed by atoms with E-state index in [0.717, 1.165) is 0 Å². The highest BCUT2D eigenvalue weighted by molar-refractivity contribution is 5.04. The SMILES string of the molecule is FC(F)C(F)(F)CC(F)(C(F)(F)F)C(F)(F)OC(F)(F)C(F)(CC(F)(F)C(F)F)C(F)(F)F. The first-order chi connectivity index (χ1) is 14.0. The molecule has 0 aliphatic heterocycles. The minimum Gasteiger partial charge on any atom is -0.250 e. The van der Waals surface area contributed by atoms with E-state index >= 15 is 0 Å². The molecule has 1 nitrogen and oxygen atoms in total. The summed E-state index contributed by atoms with van der Waals surface area (Å²) in [5.41, 5.74) is -14.8. The monoisotopic (exact) mass is 546 g/mol. The van der Waals surface area contributed by atoms with Gasteiger partial charge < -0.3 is 0 Å². The lowest BCUT2D eigenvalue weighted by Crippen LogP contribution is -2.66. The third-order valence-electron chi connectivity index (χ3n) is 3.67. The Morgan fingerprint density at radius 1 is 0.424 bits per heavy atom. The summed E-state index contributed by atoms with van der Waals surface area (Å²) in [6.45, 7) is 0. The van der Waals surface area contributed by atoms with E-state index in [2.05, 4.69) is 0 Å². The molecule has 0 bridgehead atoms. The van der Waals surface area contributed by atoms with Crippen LogP contribution in [0.25, 0.3) is 0 Å². The summed E-state index contributed by atoms with van der Waals surface area (Å²) in [5, 5.41) is 0. The maximum absolute atomic E-state index is 13.8. The largest absolute Gasteiger partial charge is 0.431 e. The summed E-state index contributed by atoms with van der Waals surface area (Å²) in [5.74, 6) is -12.9. The van der Waals surface area contributed by atoms with E-state index in [9.17, 15) is 87.8 Å². The van der Waals surface area contributed by atoms with E-state index < -0.39 is 73.4 Å². The van der Waals surface area contributed by atoms with Crippen LogP contribution in [0.2, 0.25) is 0 Å². The van der Waals surface area contributed by atoms with Crippen molar-refractivity contribution in [3.63, 3.8) is 0 Å². The minimum absolute atomic E-state index is 1.45. The van der Waals surface area contributed by atoms with Crippen LogP contribution in [-0.2, 0) is 4.74 Å². The van der Waals surface area contributed by atoms with E-state index in [1.54, 1.807) is 0 Å². The molecule has 0 amide bonds. The molecule has 0 N–H and O–H groups in total. The number of hydrogen-bond donors (Lipinski definition) is 0. The molecule has 0 fully saturated rings. The molecule has 0 radical (unpaired) electrons. The first-order valence-corrected chi connectivity index (χ1v) is 7.30. The zero-order chi connectivity index (χ0) is 27.3. The molecule has 21 heteroatoms. The van der Waals surface area contributed by atoms with Crippen molar-refractivity contribution in [2.45, 2.75) is 73.4 Å². The van der Waals surface area contributed by atoms with Crippen molar-refractivity contribution >= 4 is 0 Å². The van der Waals surface area contributed by atoms with Crippen LogP contribution in [0, 0.1) is 0 Å².